The monoisotopic (exact) mass is 326 g/mol. The Bertz CT molecular complexity index is 791. The van der Waals surface area contributed by atoms with Crippen molar-refractivity contribution in [3.05, 3.63) is 29.0 Å². The Kier molecular flexibility index (Phi) is 3.89. The smallest absolute Gasteiger partial charge is 0.243 e. The van der Waals surface area contributed by atoms with E-state index in [9.17, 15) is 8.42 Å². The SMILES string of the molecule is O=S(=O)(c1cccc(-c2nc(=S)[nH][nH]2)c1)N1CCOCC1. The molecule has 2 heterocycles. The molecule has 0 atom stereocenters. The van der Waals surface area contributed by atoms with Gasteiger partial charge in [0.05, 0.1) is 18.1 Å². The van der Waals surface area contributed by atoms with Crippen molar-refractivity contribution in [1.29, 1.82) is 0 Å². The van der Waals surface area contributed by atoms with Gasteiger partial charge in [-0.15, -0.1) is 0 Å². The average molecular weight is 326 g/mol. The van der Waals surface area contributed by atoms with Gasteiger partial charge in [-0.25, -0.2) is 8.42 Å². The molecule has 1 aromatic heterocycles. The topological polar surface area (TPSA) is 91.1 Å². The number of sulfonamides is 1. The molecule has 7 nitrogen and oxygen atoms in total. The largest absolute Gasteiger partial charge is 0.379 e. The van der Waals surface area contributed by atoms with Gasteiger partial charge in [0, 0.05) is 18.7 Å². The Morgan fingerprint density at radius 2 is 2.00 bits per heavy atom. The van der Waals surface area contributed by atoms with E-state index in [0.29, 0.717) is 42.5 Å². The van der Waals surface area contributed by atoms with Gasteiger partial charge >= 0.3 is 0 Å². The van der Waals surface area contributed by atoms with Crippen LogP contribution in [0.5, 0.6) is 0 Å². The van der Waals surface area contributed by atoms with Crippen LogP contribution in [0, 0.1) is 4.77 Å². The molecule has 0 spiro atoms. The first-order valence-corrected chi connectivity index (χ1v) is 8.25. The van der Waals surface area contributed by atoms with Crippen molar-refractivity contribution in [2.75, 3.05) is 26.3 Å². The lowest BCUT2D eigenvalue weighted by Gasteiger charge is -2.26. The fourth-order valence-corrected chi connectivity index (χ4v) is 3.74. The first-order chi connectivity index (χ1) is 10.1. The van der Waals surface area contributed by atoms with E-state index in [1.165, 1.54) is 4.31 Å². The van der Waals surface area contributed by atoms with Gasteiger partial charge in [-0.05, 0) is 24.4 Å². The lowest BCUT2D eigenvalue weighted by atomic mass is 10.2. The first-order valence-electron chi connectivity index (χ1n) is 6.40. The van der Waals surface area contributed by atoms with Crippen LogP contribution >= 0.6 is 12.2 Å². The van der Waals surface area contributed by atoms with Crippen LogP contribution in [0.3, 0.4) is 0 Å². The quantitative estimate of drug-likeness (QED) is 0.826. The maximum Gasteiger partial charge on any atom is 0.243 e. The van der Waals surface area contributed by atoms with Crippen LogP contribution in [-0.2, 0) is 14.8 Å². The molecular formula is C12H14N4O3S2. The van der Waals surface area contributed by atoms with Gasteiger partial charge in [0.1, 0.15) is 0 Å². The summed E-state index contributed by atoms with van der Waals surface area (Å²) in [6.45, 7) is 1.59. The molecule has 2 aromatic rings. The maximum atomic E-state index is 12.6. The van der Waals surface area contributed by atoms with Crippen LogP contribution < -0.4 is 0 Å². The molecule has 0 bridgehead atoms. The number of ether oxygens (including phenoxy) is 1. The van der Waals surface area contributed by atoms with Gasteiger partial charge in [0.15, 0.2) is 5.82 Å². The molecule has 21 heavy (non-hydrogen) atoms. The van der Waals surface area contributed by atoms with Crippen LogP contribution in [0.4, 0.5) is 0 Å². The molecule has 0 unspecified atom stereocenters. The minimum absolute atomic E-state index is 0.240. The molecule has 3 rings (SSSR count). The maximum absolute atomic E-state index is 12.6. The lowest BCUT2D eigenvalue weighted by Crippen LogP contribution is -2.40. The first kappa shape index (κ1) is 14.4. The van der Waals surface area contributed by atoms with Crippen molar-refractivity contribution in [3.63, 3.8) is 0 Å². The number of aromatic amines is 2. The van der Waals surface area contributed by atoms with E-state index in [-0.39, 0.29) is 4.90 Å². The Labute approximate surface area is 127 Å². The second-order valence-corrected chi connectivity index (χ2v) is 6.88. The summed E-state index contributed by atoms with van der Waals surface area (Å²) in [4.78, 5) is 4.33. The van der Waals surface area contributed by atoms with Crippen LogP contribution in [0.15, 0.2) is 29.2 Å². The van der Waals surface area contributed by atoms with E-state index in [1.807, 2.05) is 0 Å². The molecular weight excluding hydrogens is 312 g/mol. The summed E-state index contributed by atoms with van der Waals surface area (Å²) in [6.07, 6.45) is 0. The van der Waals surface area contributed by atoms with Crippen molar-refractivity contribution >= 4 is 22.2 Å². The number of hydrogen-bond acceptors (Lipinski definition) is 5. The Hall–Kier alpha value is -1.55. The zero-order valence-electron chi connectivity index (χ0n) is 11.1. The summed E-state index contributed by atoms with van der Waals surface area (Å²) in [7, 11) is -3.51. The number of nitrogens with one attached hydrogen (secondary N) is 2. The summed E-state index contributed by atoms with van der Waals surface area (Å²) in [6, 6.07) is 6.63. The molecule has 112 valence electrons. The number of hydrogen-bond donors (Lipinski definition) is 2. The lowest BCUT2D eigenvalue weighted by molar-refractivity contribution is 0.0730. The summed E-state index contributed by atoms with van der Waals surface area (Å²) in [5, 5.41) is 5.50. The normalized spacial score (nSPS) is 17.0. The number of morpholine rings is 1. The van der Waals surface area contributed by atoms with Gasteiger partial charge in [-0.3, -0.25) is 10.2 Å². The van der Waals surface area contributed by atoms with Gasteiger partial charge in [-0.2, -0.15) is 9.29 Å². The van der Waals surface area contributed by atoms with Crippen molar-refractivity contribution in [2.24, 2.45) is 0 Å². The Balaban J connectivity index is 1.97. The van der Waals surface area contributed by atoms with Crippen LogP contribution in [-0.4, -0.2) is 54.2 Å². The highest BCUT2D eigenvalue weighted by Gasteiger charge is 2.26. The molecule has 1 fully saturated rings. The average Bonchev–Trinajstić information content (AvgIpc) is 2.95. The van der Waals surface area contributed by atoms with Crippen molar-refractivity contribution in [2.45, 2.75) is 4.90 Å². The highest BCUT2D eigenvalue weighted by atomic mass is 32.2. The molecule has 0 saturated carbocycles. The minimum atomic E-state index is -3.51. The number of H-pyrrole nitrogens is 2. The molecule has 0 amide bonds. The highest BCUT2D eigenvalue weighted by Crippen LogP contribution is 2.22. The molecule has 9 heteroatoms. The third kappa shape index (κ3) is 2.91. The fraction of sp³-hybridized carbons (Fsp3) is 0.333. The summed E-state index contributed by atoms with van der Waals surface area (Å²) in [5.41, 5.74) is 0.664. The van der Waals surface area contributed by atoms with E-state index >= 15 is 0 Å². The van der Waals surface area contributed by atoms with E-state index < -0.39 is 10.0 Å². The molecule has 1 aliphatic rings. The van der Waals surface area contributed by atoms with Gasteiger partial charge in [0.25, 0.3) is 0 Å². The number of rotatable bonds is 3. The predicted octanol–water partition coefficient (Wildman–Crippen LogP) is 1.16. The number of nitrogens with zero attached hydrogens (tertiary/aromatic N) is 2. The third-order valence-corrected chi connectivity index (χ3v) is 5.30. The zero-order chi connectivity index (χ0) is 14.9. The van der Waals surface area contributed by atoms with Crippen molar-refractivity contribution < 1.29 is 13.2 Å². The Morgan fingerprint density at radius 3 is 2.67 bits per heavy atom. The van der Waals surface area contributed by atoms with Gasteiger partial charge < -0.3 is 4.74 Å². The van der Waals surface area contributed by atoms with E-state index in [2.05, 4.69) is 15.2 Å². The van der Waals surface area contributed by atoms with Gasteiger partial charge in [0.2, 0.25) is 14.8 Å². The summed E-state index contributed by atoms with van der Waals surface area (Å²) in [5.74, 6) is 0.513. The molecule has 1 saturated heterocycles. The third-order valence-electron chi connectivity index (χ3n) is 3.22. The fourth-order valence-electron chi connectivity index (χ4n) is 2.15. The molecule has 0 radical (unpaired) electrons. The second kappa shape index (κ2) is 5.68. The number of benzene rings is 1. The zero-order valence-corrected chi connectivity index (χ0v) is 12.7. The predicted molar refractivity (Wildman–Crippen MR) is 78.8 cm³/mol. The van der Waals surface area contributed by atoms with Crippen LogP contribution in [0.25, 0.3) is 11.4 Å². The van der Waals surface area contributed by atoms with Crippen LogP contribution in [0.2, 0.25) is 0 Å². The van der Waals surface area contributed by atoms with Gasteiger partial charge in [-0.1, -0.05) is 12.1 Å². The van der Waals surface area contributed by atoms with E-state index in [0.717, 1.165) is 0 Å². The van der Waals surface area contributed by atoms with E-state index in [1.54, 1.807) is 24.3 Å². The molecule has 0 aliphatic carbocycles. The standard InChI is InChI=1S/C12H14N4O3S2/c17-21(18,16-4-6-19-7-5-16)10-3-1-2-9(8-10)11-13-12(20)15-14-11/h1-3,8H,4-7H2,(H2,13,14,15,20). The van der Waals surface area contributed by atoms with Crippen molar-refractivity contribution in [1.82, 2.24) is 19.5 Å². The molecule has 1 aromatic carbocycles. The molecule has 1 aliphatic heterocycles. The van der Waals surface area contributed by atoms with Crippen molar-refractivity contribution in [3.8, 4) is 11.4 Å². The van der Waals surface area contributed by atoms with Crippen LogP contribution in [0.1, 0.15) is 0 Å². The highest BCUT2D eigenvalue weighted by molar-refractivity contribution is 7.89. The minimum Gasteiger partial charge on any atom is -0.379 e. The second-order valence-electron chi connectivity index (χ2n) is 4.56. The van der Waals surface area contributed by atoms with E-state index in [4.69, 9.17) is 17.0 Å². The Morgan fingerprint density at radius 1 is 1.24 bits per heavy atom. The summed E-state index contributed by atoms with van der Waals surface area (Å²) >= 11 is 4.90. The summed E-state index contributed by atoms with van der Waals surface area (Å²) < 4.78 is 32.1. The molecule has 2 N–H and O–H groups in total. The number of aromatic nitrogens is 3.